The van der Waals surface area contributed by atoms with Crippen molar-refractivity contribution < 1.29 is 8.91 Å². The Bertz CT molecular complexity index is 565. The molecule has 2 rings (SSSR count). The summed E-state index contributed by atoms with van der Waals surface area (Å²) in [4.78, 5) is 0. The van der Waals surface area contributed by atoms with Gasteiger partial charge in [0.1, 0.15) is 5.82 Å². The van der Waals surface area contributed by atoms with Gasteiger partial charge in [0.15, 0.2) is 0 Å². The van der Waals surface area contributed by atoms with E-state index in [1.807, 2.05) is 6.07 Å². The first-order valence-corrected chi connectivity index (χ1v) is 7.18. The van der Waals surface area contributed by atoms with E-state index in [2.05, 4.69) is 19.0 Å². The Balaban J connectivity index is 2.40. The molecule has 1 atom stereocenters. The zero-order valence-corrected chi connectivity index (χ0v) is 12.0. The van der Waals surface area contributed by atoms with Gasteiger partial charge in [0, 0.05) is 5.92 Å². The summed E-state index contributed by atoms with van der Waals surface area (Å²) >= 11 is 0. The molecule has 4 heteroatoms. The van der Waals surface area contributed by atoms with Crippen LogP contribution in [-0.2, 0) is 0 Å². The molecule has 0 aliphatic heterocycles. The molecule has 3 nitrogen and oxygen atoms in total. The largest absolute Gasteiger partial charge is 0.367 e. The third kappa shape index (κ3) is 3.00. The molecular formula is C16H21FN2O. The molecule has 108 valence electrons. The van der Waals surface area contributed by atoms with E-state index in [0.717, 1.165) is 42.5 Å². The fraction of sp³-hybridized carbons (Fsp3) is 0.438. The monoisotopic (exact) mass is 276 g/mol. The van der Waals surface area contributed by atoms with Crippen molar-refractivity contribution in [2.24, 2.45) is 0 Å². The van der Waals surface area contributed by atoms with Crippen LogP contribution in [0.3, 0.4) is 0 Å². The Morgan fingerprint density at radius 3 is 2.80 bits per heavy atom. The highest BCUT2D eigenvalue weighted by Gasteiger charge is 2.22. The van der Waals surface area contributed by atoms with Crippen LogP contribution in [0.4, 0.5) is 10.3 Å². The highest BCUT2D eigenvalue weighted by Crippen LogP contribution is 2.37. The van der Waals surface area contributed by atoms with Crippen molar-refractivity contribution in [1.82, 2.24) is 5.16 Å². The van der Waals surface area contributed by atoms with Gasteiger partial charge in [-0.25, -0.2) is 4.39 Å². The quantitative estimate of drug-likeness (QED) is 0.828. The molecule has 1 aromatic carbocycles. The second-order valence-electron chi connectivity index (χ2n) is 5.06. The summed E-state index contributed by atoms with van der Waals surface area (Å²) in [6.07, 6.45) is 4.28. The molecule has 20 heavy (non-hydrogen) atoms. The topological polar surface area (TPSA) is 52.0 Å². The van der Waals surface area contributed by atoms with Gasteiger partial charge in [-0.15, -0.1) is 0 Å². The number of rotatable bonds is 6. The van der Waals surface area contributed by atoms with E-state index in [0.29, 0.717) is 5.92 Å². The average molecular weight is 276 g/mol. The van der Waals surface area contributed by atoms with Crippen LogP contribution in [0.5, 0.6) is 0 Å². The number of hydrogen-bond acceptors (Lipinski definition) is 3. The molecule has 0 radical (unpaired) electrons. The maximum absolute atomic E-state index is 13.4. The minimum Gasteiger partial charge on any atom is -0.367 e. The first kappa shape index (κ1) is 14.6. The van der Waals surface area contributed by atoms with E-state index in [4.69, 9.17) is 10.3 Å². The number of nitrogens with two attached hydrogens (primary N) is 1. The lowest BCUT2D eigenvalue weighted by Gasteiger charge is -2.13. The zero-order chi connectivity index (χ0) is 14.5. The summed E-state index contributed by atoms with van der Waals surface area (Å²) in [7, 11) is 0. The van der Waals surface area contributed by atoms with Crippen LogP contribution in [0.2, 0.25) is 0 Å². The van der Waals surface area contributed by atoms with Crippen LogP contribution in [0, 0.1) is 5.82 Å². The lowest BCUT2D eigenvalue weighted by atomic mass is 9.91. The molecule has 1 heterocycles. The summed E-state index contributed by atoms with van der Waals surface area (Å²) < 4.78 is 18.6. The molecule has 2 N–H and O–H groups in total. The van der Waals surface area contributed by atoms with Crippen LogP contribution in [0.25, 0.3) is 11.1 Å². The van der Waals surface area contributed by atoms with Crippen LogP contribution in [-0.4, -0.2) is 5.16 Å². The molecule has 1 unspecified atom stereocenters. The Morgan fingerprint density at radius 1 is 1.35 bits per heavy atom. The summed E-state index contributed by atoms with van der Waals surface area (Å²) in [6, 6.07) is 6.40. The number of nitrogen functional groups attached to an aromatic ring is 1. The molecule has 0 amide bonds. The van der Waals surface area contributed by atoms with Gasteiger partial charge in [-0.2, -0.15) is 0 Å². The van der Waals surface area contributed by atoms with Gasteiger partial charge in [-0.1, -0.05) is 44.0 Å². The number of unbranched alkanes of at least 4 members (excludes halogenated alkanes) is 1. The highest BCUT2D eigenvalue weighted by atomic mass is 19.1. The number of anilines is 1. The van der Waals surface area contributed by atoms with E-state index in [9.17, 15) is 4.39 Å². The van der Waals surface area contributed by atoms with Crippen molar-refractivity contribution in [1.29, 1.82) is 0 Å². The number of halogens is 1. The highest BCUT2D eigenvalue weighted by molar-refractivity contribution is 5.75. The molecule has 0 aliphatic carbocycles. The third-order valence-corrected chi connectivity index (χ3v) is 3.64. The van der Waals surface area contributed by atoms with E-state index >= 15 is 0 Å². The second-order valence-corrected chi connectivity index (χ2v) is 5.06. The molecule has 0 spiro atoms. The summed E-state index contributed by atoms with van der Waals surface area (Å²) in [5, 5.41) is 4.12. The van der Waals surface area contributed by atoms with Crippen molar-refractivity contribution >= 4 is 5.88 Å². The van der Waals surface area contributed by atoms with Crippen molar-refractivity contribution in [3.05, 3.63) is 35.8 Å². The van der Waals surface area contributed by atoms with Crippen molar-refractivity contribution in [3.63, 3.8) is 0 Å². The van der Waals surface area contributed by atoms with Crippen LogP contribution in [0.15, 0.2) is 28.8 Å². The smallest absolute Gasteiger partial charge is 0.230 e. The standard InChI is InChI=1S/C16H21FN2O/c1-3-5-7-11(4-2)15-14(16(18)20-19-15)12-8-6-9-13(17)10-12/h6,8-11H,3-5,7,18H2,1-2H3. The Labute approximate surface area is 119 Å². The van der Waals surface area contributed by atoms with Gasteiger partial charge in [-0.3, -0.25) is 0 Å². The number of hydrogen-bond donors (Lipinski definition) is 1. The summed E-state index contributed by atoms with van der Waals surface area (Å²) in [5.74, 6) is 0.283. The first-order valence-electron chi connectivity index (χ1n) is 7.18. The summed E-state index contributed by atoms with van der Waals surface area (Å²) in [5.41, 5.74) is 8.22. The predicted molar refractivity (Wildman–Crippen MR) is 78.9 cm³/mol. The van der Waals surface area contributed by atoms with Crippen molar-refractivity contribution in [3.8, 4) is 11.1 Å². The maximum Gasteiger partial charge on any atom is 0.230 e. The van der Waals surface area contributed by atoms with Gasteiger partial charge in [0.05, 0.1) is 11.3 Å². The molecule has 0 saturated carbocycles. The molecule has 2 aromatic rings. The lowest BCUT2D eigenvalue weighted by Crippen LogP contribution is -2.00. The zero-order valence-electron chi connectivity index (χ0n) is 12.0. The molecule has 1 aromatic heterocycles. The van der Waals surface area contributed by atoms with Gasteiger partial charge >= 0.3 is 0 Å². The molecule has 0 saturated heterocycles. The second kappa shape index (κ2) is 6.55. The fourth-order valence-corrected chi connectivity index (χ4v) is 2.51. The van der Waals surface area contributed by atoms with Gasteiger partial charge in [-0.05, 0) is 30.5 Å². The van der Waals surface area contributed by atoms with Crippen molar-refractivity contribution in [2.75, 3.05) is 5.73 Å². The van der Waals surface area contributed by atoms with E-state index in [1.165, 1.54) is 12.1 Å². The molecule has 0 aliphatic rings. The molecular weight excluding hydrogens is 255 g/mol. The lowest BCUT2D eigenvalue weighted by molar-refractivity contribution is 0.412. The maximum atomic E-state index is 13.4. The Hall–Kier alpha value is -1.84. The minimum atomic E-state index is -0.282. The molecule has 0 bridgehead atoms. The van der Waals surface area contributed by atoms with Crippen molar-refractivity contribution in [2.45, 2.75) is 45.4 Å². The van der Waals surface area contributed by atoms with Gasteiger partial charge < -0.3 is 10.3 Å². The van der Waals surface area contributed by atoms with E-state index in [1.54, 1.807) is 6.07 Å². The Morgan fingerprint density at radius 2 is 2.15 bits per heavy atom. The van der Waals surface area contributed by atoms with Crippen LogP contribution >= 0.6 is 0 Å². The third-order valence-electron chi connectivity index (χ3n) is 3.64. The molecule has 0 fully saturated rings. The summed E-state index contributed by atoms with van der Waals surface area (Å²) in [6.45, 7) is 4.29. The number of aromatic nitrogens is 1. The normalized spacial score (nSPS) is 12.6. The van der Waals surface area contributed by atoms with E-state index < -0.39 is 0 Å². The first-order chi connectivity index (χ1) is 9.67. The Kier molecular flexibility index (Phi) is 4.77. The number of nitrogens with zero attached hydrogens (tertiary/aromatic N) is 1. The SMILES string of the molecule is CCCCC(CC)c1noc(N)c1-c1cccc(F)c1. The van der Waals surface area contributed by atoms with Crippen LogP contribution < -0.4 is 5.73 Å². The number of benzene rings is 1. The van der Waals surface area contributed by atoms with Gasteiger partial charge in [0.25, 0.3) is 0 Å². The average Bonchev–Trinajstić information content (AvgIpc) is 2.82. The van der Waals surface area contributed by atoms with Gasteiger partial charge in [0.2, 0.25) is 5.88 Å². The van der Waals surface area contributed by atoms with Crippen LogP contribution in [0.1, 0.15) is 51.1 Å². The predicted octanol–water partition coefficient (Wildman–Crippen LogP) is 4.75. The minimum absolute atomic E-state index is 0.264. The fourth-order valence-electron chi connectivity index (χ4n) is 2.51. The van der Waals surface area contributed by atoms with E-state index in [-0.39, 0.29) is 11.7 Å².